The minimum absolute atomic E-state index is 0.0336. The third-order valence-corrected chi connectivity index (χ3v) is 24.4. The second-order valence-electron chi connectivity index (χ2n) is 32.2. The Labute approximate surface area is 628 Å². The highest BCUT2D eigenvalue weighted by Gasteiger charge is 2.39. The van der Waals surface area contributed by atoms with Crippen LogP contribution in [-0.2, 0) is 21.7 Å². The number of para-hydroxylation sites is 1. The molecule has 0 saturated carbocycles. The smallest absolute Gasteiger partial charge is 0.0973 e. The minimum atomic E-state index is -0.0357. The van der Waals surface area contributed by atoms with Crippen molar-refractivity contribution < 1.29 is 0 Å². The molecule has 2 aromatic heterocycles. The summed E-state index contributed by atoms with van der Waals surface area (Å²) in [6, 6.07) is 109. The van der Waals surface area contributed by atoms with Crippen LogP contribution in [0.15, 0.2) is 297 Å². The van der Waals surface area contributed by atoms with E-state index in [0.29, 0.717) is 0 Å². The van der Waals surface area contributed by atoms with E-state index < -0.39 is 0 Å². The Morgan fingerprint density at radius 2 is 0.402 bits per heavy atom. The molecule has 0 aliphatic heterocycles. The van der Waals surface area contributed by atoms with E-state index in [2.05, 4.69) is 373 Å². The van der Waals surface area contributed by atoms with Gasteiger partial charge in [-0.05, 0) is 201 Å². The molecule has 0 atom stereocenters. The van der Waals surface area contributed by atoms with Gasteiger partial charge in [0.1, 0.15) is 0 Å². The molecule has 0 bridgehead atoms. The standard InChI is InChI=1S/C52H42N2.C51H40N2/c1-31-15-16-32(2)48-47(31)53-49(35-21-17-33(18-22-35)37-25-27-41-39-11-7-9-13-43(39)51(3,4)45(41)29-37)50(54-48)36-23-19-34(20-24-36)38-26-28-42-40-12-8-10-14-44(40)52(5,6)46(42)30-38;1-31-11-10-16-46-47(31)53-49(35-23-19-33(20-24-35)37-26-28-41-39-13-7-9-15-43(39)51(4,5)45(41)30-37)48(52-46)34-21-17-32(18-22-34)36-25-27-40-38-12-6-8-14-42(38)50(2,3)44(40)29-36/h7-30H,1-6H3;6-30H,1-5H3. The Morgan fingerprint density at radius 1 is 0.178 bits per heavy atom. The first-order chi connectivity index (χ1) is 51.8. The van der Waals surface area contributed by atoms with E-state index >= 15 is 0 Å². The number of fused-ring (bicyclic) bond motifs is 14. The Kier molecular flexibility index (Phi) is 15.0. The van der Waals surface area contributed by atoms with E-state index in [1.807, 2.05) is 0 Å². The molecular formula is C103H82N4. The van der Waals surface area contributed by atoms with Crippen LogP contribution in [0.25, 0.3) is 156 Å². The van der Waals surface area contributed by atoms with Crippen molar-refractivity contribution in [3.8, 4) is 134 Å². The van der Waals surface area contributed by atoms with Gasteiger partial charge >= 0.3 is 0 Å². The number of benzene rings is 14. The maximum atomic E-state index is 5.37. The van der Waals surface area contributed by atoms with Crippen molar-refractivity contribution in [3.63, 3.8) is 0 Å². The lowest BCUT2D eigenvalue weighted by molar-refractivity contribution is 0.660. The first kappa shape index (κ1) is 65.5. The summed E-state index contributed by atoms with van der Waals surface area (Å²) in [4.78, 5) is 21.3. The van der Waals surface area contributed by atoms with Gasteiger partial charge < -0.3 is 0 Å². The van der Waals surface area contributed by atoms with Gasteiger partial charge in [0.15, 0.2) is 0 Å². The van der Waals surface area contributed by atoms with Gasteiger partial charge in [-0.25, -0.2) is 19.9 Å². The van der Waals surface area contributed by atoms with Crippen LogP contribution in [0.5, 0.6) is 0 Å². The van der Waals surface area contributed by atoms with Crippen molar-refractivity contribution in [1.29, 1.82) is 0 Å². The Balaban J connectivity index is 0.000000146. The van der Waals surface area contributed by atoms with Gasteiger partial charge in [-0.1, -0.05) is 322 Å². The molecule has 0 fully saturated rings. The molecule has 0 unspecified atom stereocenters. The van der Waals surface area contributed by atoms with Crippen LogP contribution in [0.3, 0.4) is 0 Å². The van der Waals surface area contributed by atoms with E-state index in [-0.39, 0.29) is 21.7 Å². The average molecular weight is 1380 g/mol. The van der Waals surface area contributed by atoms with E-state index in [1.54, 1.807) is 0 Å². The van der Waals surface area contributed by atoms with Gasteiger partial charge in [0.25, 0.3) is 0 Å². The Hall–Kier alpha value is -12.2. The summed E-state index contributed by atoms with van der Waals surface area (Å²) in [7, 11) is 0. The first-order valence-electron chi connectivity index (χ1n) is 37.7. The quantitative estimate of drug-likeness (QED) is 0.152. The minimum Gasteiger partial charge on any atom is -0.244 e. The fourth-order valence-corrected chi connectivity index (χ4v) is 18.2. The zero-order valence-corrected chi connectivity index (χ0v) is 62.6. The summed E-state index contributed by atoms with van der Waals surface area (Å²) >= 11 is 0. The third-order valence-electron chi connectivity index (χ3n) is 24.4. The van der Waals surface area contributed by atoms with Crippen LogP contribution in [0.1, 0.15) is 117 Å². The molecule has 4 nitrogen and oxygen atoms in total. The summed E-state index contributed by atoms with van der Waals surface area (Å²) in [5.41, 5.74) is 46.4. The number of hydrogen-bond acceptors (Lipinski definition) is 4. The lowest BCUT2D eigenvalue weighted by atomic mass is 9.81. The molecule has 20 rings (SSSR count). The summed E-state index contributed by atoms with van der Waals surface area (Å²) < 4.78 is 0. The maximum absolute atomic E-state index is 5.37. The van der Waals surface area contributed by atoms with Gasteiger partial charge in [-0.2, -0.15) is 0 Å². The van der Waals surface area contributed by atoms with Crippen LogP contribution < -0.4 is 0 Å². The van der Waals surface area contributed by atoms with E-state index in [4.69, 9.17) is 19.9 Å². The van der Waals surface area contributed by atoms with Crippen molar-refractivity contribution >= 4 is 22.1 Å². The van der Waals surface area contributed by atoms with Crippen molar-refractivity contribution in [2.75, 3.05) is 0 Å². The van der Waals surface area contributed by atoms with Crippen molar-refractivity contribution in [3.05, 3.63) is 358 Å². The molecule has 2 heterocycles. The Morgan fingerprint density at radius 3 is 0.692 bits per heavy atom. The second-order valence-corrected chi connectivity index (χ2v) is 32.2. The predicted octanol–water partition coefficient (Wildman–Crippen LogP) is 26.7. The molecule has 514 valence electrons. The van der Waals surface area contributed by atoms with Crippen LogP contribution in [-0.4, -0.2) is 19.9 Å². The molecule has 0 spiro atoms. The lowest BCUT2D eigenvalue weighted by Gasteiger charge is -2.22. The molecule has 14 aromatic carbocycles. The highest BCUT2D eigenvalue weighted by molar-refractivity contribution is 5.94. The van der Waals surface area contributed by atoms with Gasteiger partial charge in [0.05, 0.1) is 44.8 Å². The van der Waals surface area contributed by atoms with Gasteiger partial charge in [-0.3, -0.25) is 0 Å². The fourth-order valence-electron chi connectivity index (χ4n) is 18.2. The van der Waals surface area contributed by atoms with Crippen LogP contribution in [0.4, 0.5) is 0 Å². The molecule has 0 radical (unpaired) electrons. The van der Waals surface area contributed by atoms with E-state index in [1.165, 1.54) is 134 Å². The first-order valence-corrected chi connectivity index (χ1v) is 37.7. The summed E-state index contributed by atoms with van der Waals surface area (Å²) in [6.45, 7) is 25.1. The molecule has 0 amide bonds. The monoisotopic (exact) mass is 1370 g/mol. The summed E-state index contributed by atoms with van der Waals surface area (Å²) in [5, 5.41) is 0. The maximum Gasteiger partial charge on any atom is 0.0973 e. The third kappa shape index (κ3) is 10.5. The van der Waals surface area contributed by atoms with Crippen molar-refractivity contribution in [2.45, 2.75) is 97.8 Å². The number of aryl methyl sites for hydroxylation is 3. The molecule has 4 heteroatoms. The lowest BCUT2D eigenvalue weighted by Crippen LogP contribution is -2.14. The molecule has 4 aliphatic rings. The topological polar surface area (TPSA) is 51.6 Å². The average Bonchev–Trinajstić information content (AvgIpc) is 1.63. The number of aromatic nitrogens is 4. The van der Waals surface area contributed by atoms with E-state index in [0.717, 1.165) is 83.8 Å². The molecule has 0 N–H and O–H groups in total. The molecule has 16 aromatic rings. The molecular weight excluding hydrogens is 1290 g/mol. The Bertz CT molecular complexity index is 6170. The zero-order valence-electron chi connectivity index (χ0n) is 62.6. The van der Waals surface area contributed by atoms with Gasteiger partial charge in [-0.15, -0.1) is 0 Å². The van der Waals surface area contributed by atoms with Crippen LogP contribution >= 0.6 is 0 Å². The highest BCUT2D eigenvalue weighted by atomic mass is 14.8. The normalized spacial score (nSPS) is 14.4. The zero-order chi connectivity index (χ0) is 73.0. The number of rotatable bonds is 8. The number of nitrogens with zero attached hydrogens (tertiary/aromatic N) is 4. The fraction of sp³-hybridized carbons (Fsp3) is 0.146. The predicted molar refractivity (Wildman–Crippen MR) is 447 cm³/mol. The number of hydrogen-bond donors (Lipinski definition) is 0. The largest absolute Gasteiger partial charge is 0.244 e. The second kappa shape index (κ2) is 24.4. The van der Waals surface area contributed by atoms with Gasteiger partial charge in [0, 0.05) is 43.9 Å². The highest BCUT2D eigenvalue weighted by Crippen LogP contribution is 2.54. The summed E-state index contributed by atoms with van der Waals surface area (Å²) in [5.74, 6) is 0. The van der Waals surface area contributed by atoms with Crippen LogP contribution in [0.2, 0.25) is 0 Å². The van der Waals surface area contributed by atoms with Crippen molar-refractivity contribution in [2.24, 2.45) is 0 Å². The molecule has 4 aliphatic carbocycles. The summed E-state index contributed by atoms with van der Waals surface area (Å²) in [6.07, 6.45) is 0. The van der Waals surface area contributed by atoms with E-state index in [9.17, 15) is 0 Å². The molecule has 0 saturated heterocycles. The van der Waals surface area contributed by atoms with Crippen molar-refractivity contribution in [1.82, 2.24) is 19.9 Å². The SMILES string of the molecule is Cc1ccc(C)c2nc(-c3ccc(-c4ccc5c(c4)C(C)(C)c4ccccc4-5)cc3)c(-c3ccc(-c4ccc5c(c4)C(C)(C)c4ccccc4-5)cc3)nc12.Cc1cccc2nc(-c3ccc(-c4ccc5c(c4)C(C)(C)c4ccccc4-5)cc3)c(-c3ccc(-c4ccc5c(c4)C(C)(C)c4ccccc4-5)cc3)nc12. The van der Waals surface area contributed by atoms with Gasteiger partial charge in [0.2, 0.25) is 0 Å². The molecule has 107 heavy (non-hydrogen) atoms. The van der Waals surface area contributed by atoms with Crippen LogP contribution in [0, 0.1) is 20.8 Å².